The predicted molar refractivity (Wildman–Crippen MR) is 99.2 cm³/mol. The number of nitrogens with one attached hydrogen (secondary N) is 1. The summed E-state index contributed by atoms with van der Waals surface area (Å²) in [5.74, 6) is 0.803. The summed E-state index contributed by atoms with van der Waals surface area (Å²) in [5, 5.41) is 2.75. The van der Waals surface area contributed by atoms with Crippen LogP contribution in [0, 0.1) is 0 Å². The van der Waals surface area contributed by atoms with Crippen molar-refractivity contribution in [3.05, 3.63) is 52.5 Å². The lowest BCUT2D eigenvalue weighted by Crippen LogP contribution is -2.32. The number of hydrogen-bond donors (Lipinski definition) is 1. The van der Waals surface area contributed by atoms with Gasteiger partial charge in [0, 0.05) is 12.1 Å². The molecule has 2 aromatic rings. The van der Waals surface area contributed by atoms with Gasteiger partial charge in [0.25, 0.3) is 0 Å². The van der Waals surface area contributed by atoms with Crippen LogP contribution in [-0.4, -0.2) is 18.8 Å². The summed E-state index contributed by atoms with van der Waals surface area (Å²) < 4.78 is 11.6. The van der Waals surface area contributed by atoms with E-state index in [1.807, 2.05) is 63.2 Å². The molecule has 0 aromatic heterocycles. The zero-order valence-corrected chi connectivity index (χ0v) is 15.9. The van der Waals surface area contributed by atoms with Crippen molar-refractivity contribution in [3.8, 4) is 16.9 Å². The summed E-state index contributed by atoms with van der Waals surface area (Å²) in [6, 6.07) is 13.9. The smallest absolute Gasteiger partial charge is 0.407 e. The molecule has 0 bridgehead atoms. The van der Waals surface area contributed by atoms with Gasteiger partial charge < -0.3 is 14.8 Å². The highest BCUT2D eigenvalue weighted by molar-refractivity contribution is 9.10. The molecule has 1 N–H and O–H groups in total. The molecule has 0 radical (unpaired) electrons. The second-order valence-corrected chi connectivity index (χ2v) is 7.23. The maximum atomic E-state index is 11.7. The van der Waals surface area contributed by atoms with Crippen molar-refractivity contribution in [2.45, 2.75) is 32.9 Å². The van der Waals surface area contributed by atoms with E-state index >= 15 is 0 Å². The van der Waals surface area contributed by atoms with E-state index in [-0.39, 0.29) is 0 Å². The van der Waals surface area contributed by atoms with Gasteiger partial charge in [-0.2, -0.15) is 0 Å². The largest absolute Gasteiger partial charge is 0.495 e. The van der Waals surface area contributed by atoms with Crippen LogP contribution in [0.3, 0.4) is 0 Å². The van der Waals surface area contributed by atoms with Crippen LogP contribution in [0.25, 0.3) is 11.1 Å². The van der Waals surface area contributed by atoms with Crippen LogP contribution in [-0.2, 0) is 11.3 Å². The van der Waals surface area contributed by atoms with Gasteiger partial charge in [0.1, 0.15) is 11.4 Å². The van der Waals surface area contributed by atoms with Gasteiger partial charge in [-0.25, -0.2) is 4.79 Å². The third-order valence-electron chi connectivity index (χ3n) is 3.27. The van der Waals surface area contributed by atoms with Gasteiger partial charge in [0.15, 0.2) is 0 Å². The van der Waals surface area contributed by atoms with E-state index in [0.29, 0.717) is 6.54 Å². The molecule has 0 saturated heterocycles. The van der Waals surface area contributed by atoms with Crippen LogP contribution in [0.2, 0.25) is 0 Å². The summed E-state index contributed by atoms with van der Waals surface area (Å²) in [5.41, 5.74) is 2.57. The van der Waals surface area contributed by atoms with E-state index in [1.165, 1.54) is 0 Å². The molecule has 1 amide bonds. The Morgan fingerprint density at radius 2 is 1.79 bits per heavy atom. The lowest BCUT2D eigenvalue weighted by molar-refractivity contribution is 0.0523. The second kappa shape index (κ2) is 7.71. The summed E-state index contributed by atoms with van der Waals surface area (Å²) in [6.45, 7) is 5.94. The Labute approximate surface area is 151 Å². The van der Waals surface area contributed by atoms with Crippen molar-refractivity contribution < 1.29 is 14.3 Å². The van der Waals surface area contributed by atoms with Crippen LogP contribution in [0.1, 0.15) is 26.3 Å². The molecular formula is C19H22BrNO3. The number of benzene rings is 2. The molecule has 0 aliphatic heterocycles. The number of alkyl carbamates (subject to hydrolysis) is 1. The van der Waals surface area contributed by atoms with Gasteiger partial charge in [0.05, 0.1) is 11.6 Å². The van der Waals surface area contributed by atoms with E-state index < -0.39 is 11.7 Å². The predicted octanol–water partition coefficient (Wildman–Crippen LogP) is 5.15. The average molecular weight is 392 g/mol. The standard InChI is InChI=1S/C19H22BrNO3/c1-19(2,3)24-18(22)21-12-13-8-10-14(11-9-13)15-6-5-7-16(20)17(15)23-4/h5-11H,12H2,1-4H3,(H,21,22). The number of para-hydroxylation sites is 1. The van der Waals surface area contributed by atoms with E-state index in [9.17, 15) is 4.79 Å². The summed E-state index contributed by atoms with van der Waals surface area (Å²) in [7, 11) is 1.66. The Morgan fingerprint density at radius 1 is 1.12 bits per heavy atom. The highest BCUT2D eigenvalue weighted by atomic mass is 79.9. The Kier molecular flexibility index (Phi) is 5.89. The molecule has 0 saturated carbocycles. The third kappa shape index (κ3) is 4.99. The molecule has 0 heterocycles. The maximum Gasteiger partial charge on any atom is 0.407 e. The van der Waals surface area contributed by atoms with Crippen molar-refractivity contribution >= 4 is 22.0 Å². The summed E-state index contributed by atoms with van der Waals surface area (Å²) >= 11 is 3.50. The van der Waals surface area contributed by atoms with Crippen LogP contribution in [0.4, 0.5) is 4.79 Å². The van der Waals surface area contributed by atoms with Crippen LogP contribution >= 0.6 is 15.9 Å². The Hall–Kier alpha value is -2.01. The van der Waals surface area contributed by atoms with Crippen molar-refractivity contribution in [2.75, 3.05) is 7.11 Å². The maximum absolute atomic E-state index is 11.7. The molecule has 0 atom stereocenters. The van der Waals surface area contributed by atoms with Gasteiger partial charge >= 0.3 is 6.09 Å². The SMILES string of the molecule is COc1c(Br)cccc1-c1ccc(CNC(=O)OC(C)(C)C)cc1. The monoisotopic (exact) mass is 391 g/mol. The fraction of sp³-hybridized carbons (Fsp3) is 0.316. The number of hydrogen-bond acceptors (Lipinski definition) is 3. The first-order chi connectivity index (χ1) is 11.3. The molecule has 0 aliphatic rings. The second-order valence-electron chi connectivity index (χ2n) is 6.37. The normalized spacial score (nSPS) is 11.0. The van der Waals surface area contributed by atoms with Gasteiger partial charge in [0.2, 0.25) is 0 Å². The van der Waals surface area contributed by atoms with Crippen molar-refractivity contribution in [1.82, 2.24) is 5.32 Å². The fourth-order valence-electron chi connectivity index (χ4n) is 2.23. The first-order valence-electron chi connectivity index (χ1n) is 7.69. The third-order valence-corrected chi connectivity index (χ3v) is 3.90. The lowest BCUT2D eigenvalue weighted by Gasteiger charge is -2.19. The Bertz CT molecular complexity index is 706. The van der Waals surface area contributed by atoms with Gasteiger partial charge in [-0.3, -0.25) is 0 Å². The van der Waals surface area contributed by atoms with E-state index in [4.69, 9.17) is 9.47 Å². The molecule has 0 unspecified atom stereocenters. The first-order valence-corrected chi connectivity index (χ1v) is 8.48. The molecule has 128 valence electrons. The highest BCUT2D eigenvalue weighted by Gasteiger charge is 2.15. The fourth-order valence-corrected chi connectivity index (χ4v) is 2.76. The molecule has 24 heavy (non-hydrogen) atoms. The quantitative estimate of drug-likeness (QED) is 0.783. The number of amides is 1. The number of rotatable bonds is 4. The summed E-state index contributed by atoms with van der Waals surface area (Å²) in [4.78, 5) is 11.7. The zero-order valence-electron chi connectivity index (χ0n) is 14.4. The molecule has 4 nitrogen and oxygen atoms in total. The molecular weight excluding hydrogens is 370 g/mol. The summed E-state index contributed by atoms with van der Waals surface area (Å²) in [6.07, 6.45) is -0.416. The van der Waals surface area contributed by atoms with Crippen LogP contribution in [0.15, 0.2) is 46.9 Å². The highest BCUT2D eigenvalue weighted by Crippen LogP contribution is 2.36. The van der Waals surface area contributed by atoms with Crippen molar-refractivity contribution in [1.29, 1.82) is 0 Å². The molecule has 2 rings (SSSR count). The zero-order chi connectivity index (χ0) is 17.7. The van der Waals surface area contributed by atoms with Crippen LogP contribution in [0.5, 0.6) is 5.75 Å². The Morgan fingerprint density at radius 3 is 2.38 bits per heavy atom. The minimum atomic E-state index is -0.495. The minimum absolute atomic E-state index is 0.416. The van der Waals surface area contributed by atoms with Crippen molar-refractivity contribution in [2.24, 2.45) is 0 Å². The van der Waals surface area contributed by atoms with Gasteiger partial charge in [-0.15, -0.1) is 0 Å². The number of carbonyl (C=O) groups excluding carboxylic acids is 1. The van der Waals surface area contributed by atoms with Gasteiger partial charge in [-0.05, 0) is 53.9 Å². The van der Waals surface area contributed by atoms with E-state index in [1.54, 1.807) is 7.11 Å². The molecule has 0 aliphatic carbocycles. The van der Waals surface area contributed by atoms with Gasteiger partial charge in [-0.1, -0.05) is 36.4 Å². The van der Waals surface area contributed by atoms with Crippen LogP contribution < -0.4 is 10.1 Å². The number of halogens is 1. The number of methoxy groups -OCH3 is 1. The first kappa shape index (κ1) is 18.3. The Balaban J connectivity index is 2.06. The molecule has 5 heteroatoms. The number of ether oxygens (including phenoxy) is 2. The minimum Gasteiger partial charge on any atom is -0.495 e. The molecule has 0 fully saturated rings. The molecule has 2 aromatic carbocycles. The average Bonchev–Trinajstić information content (AvgIpc) is 2.51. The molecule has 0 spiro atoms. The van der Waals surface area contributed by atoms with E-state index in [0.717, 1.165) is 26.9 Å². The lowest BCUT2D eigenvalue weighted by atomic mass is 10.0. The number of carbonyl (C=O) groups is 1. The van der Waals surface area contributed by atoms with E-state index in [2.05, 4.69) is 21.2 Å². The van der Waals surface area contributed by atoms with Crippen molar-refractivity contribution in [3.63, 3.8) is 0 Å². The topological polar surface area (TPSA) is 47.6 Å².